The molecule has 0 aliphatic carbocycles. The van der Waals surface area contributed by atoms with Crippen molar-refractivity contribution in [3.63, 3.8) is 0 Å². The molecule has 0 spiro atoms. The maximum absolute atomic E-state index is 13.7. The van der Waals surface area contributed by atoms with E-state index in [1.54, 1.807) is 36.4 Å². The van der Waals surface area contributed by atoms with E-state index < -0.39 is 17.9 Å². The predicted octanol–water partition coefficient (Wildman–Crippen LogP) is 2.61. The molecule has 1 unspecified atom stereocenters. The zero-order valence-electron chi connectivity index (χ0n) is 9.38. The smallest absolute Gasteiger partial charge is 0.337 e. The lowest BCUT2D eigenvalue weighted by molar-refractivity contribution is -0.147. The van der Waals surface area contributed by atoms with Crippen molar-refractivity contribution in [3.8, 4) is 11.1 Å². The van der Waals surface area contributed by atoms with E-state index in [0.717, 1.165) is 6.07 Å². The zero-order valence-corrected chi connectivity index (χ0v) is 9.38. The standard InChI is InChI=1S/C14H11FO3/c15-11-8-4-7-10(9-5-2-1-3-6-9)12(11)13(16)14(17)18/h1-8,13,16H,(H,17,18). The van der Waals surface area contributed by atoms with E-state index in [1.807, 2.05) is 0 Å². The highest BCUT2D eigenvalue weighted by Crippen LogP contribution is 2.30. The van der Waals surface area contributed by atoms with Gasteiger partial charge in [0.15, 0.2) is 6.10 Å². The predicted molar refractivity (Wildman–Crippen MR) is 64.4 cm³/mol. The lowest BCUT2D eigenvalue weighted by atomic mass is 9.96. The van der Waals surface area contributed by atoms with Crippen molar-refractivity contribution in [1.29, 1.82) is 0 Å². The second kappa shape index (κ2) is 4.98. The van der Waals surface area contributed by atoms with E-state index in [2.05, 4.69) is 0 Å². The molecular weight excluding hydrogens is 235 g/mol. The van der Waals surface area contributed by atoms with Crippen molar-refractivity contribution < 1.29 is 19.4 Å². The van der Waals surface area contributed by atoms with Crippen LogP contribution >= 0.6 is 0 Å². The first-order valence-electron chi connectivity index (χ1n) is 5.36. The second-order valence-corrected chi connectivity index (χ2v) is 3.81. The van der Waals surface area contributed by atoms with E-state index in [1.165, 1.54) is 6.07 Å². The van der Waals surface area contributed by atoms with Crippen LogP contribution in [0.2, 0.25) is 0 Å². The Kier molecular flexibility index (Phi) is 3.39. The van der Waals surface area contributed by atoms with Gasteiger partial charge < -0.3 is 10.2 Å². The van der Waals surface area contributed by atoms with Gasteiger partial charge in [-0.3, -0.25) is 0 Å². The normalized spacial score (nSPS) is 12.1. The molecule has 1 atom stereocenters. The first-order valence-corrected chi connectivity index (χ1v) is 5.36. The summed E-state index contributed by atoms with van der Waals surface area (Å²) in [4.78, 5) is 10.8. The highest BCUT2D eigenvalue weighted by Gasteiger charge is 2.23. The fourth-order valence-electron chi connectivity index (χ4n) is 1.81. The summed E-state index contributed by atoms with van der Waals surface area (Å²) < 4.78 is 13.7. The topological polar surface area (TPSA) is 57.5 Å². The number of carboxylic acids is 1. The van der Waals surface area contributed by atoms with Crippen LogP contribution in [0, 0.1) is 5.82 Å². The van der Waals surface area contributed by atoms with Crippen LogP contribution in [0.5, 0.6) is 0 Å². The highest BCUT2D eigenvalue weighted by atomic mass is 19.1. The summed E-state index contributed by atoms with van der Waals surface area (Å²) in [7, 11) is 0. The number of hydrogen-bond acceptors (Lipinski definition) is 2. The van der Waals surface area contributed by atoms with Gasteiger partial charge in [0.2, 0.25) is 0 Å². The minimum atomic E-state index is -1.87. The summed E-state index contributed by atoms with van der Waals surface area (Å²) in [6.45, 7) is 0. The number of rotatable bonds is 3. The minimum Gasteiger partial charge on any atom is -0.479 e. The van der Waals surface area contributed by atoms with Gasteiger partial charge in [0.05, 0.1) is 0 Å². The van der Waals surface area contributed by atoms with Crippen LogP contribution in [-0.4, -0.2) is 16.2 Å². The number of halogens is 1. The number of aliphatic hydroxyl groups is 1. The quantitative estimate of drug-likeness (QED) is 0.875. The number of aliphatic carboxylic acids is 1. The molecular formula is C14H11FO3. The maximum atomic E-state index is 13.7. The summed E-state index contributed by atoms with van der Waals surface area (Å²) in [6, 6.07) is 13.0. The third-order valence-electron chi connectivity index (χ3n) is 2.65. The van der Waals surface area contributed by atoms with Crippen LogP contribution in [0.25, 0.3) is 11.1 Å². The summed E-state index contributed by atoms with van der Waals surface area (Å²) in [5.41, 5.74) is 0.828. The Morgan fingerprint density at radius 3 is 2.33 bits per heavy atom. The van der Waals surface area contributed by atoms with Crippen molar-refractivity contribution in [2.75, 3.05) is 0 Å². The highest BCUT2D eigenvalue weighted by molar-refractivity contribution is 5.79. The van der Waals surface area contributed by atoms with Crippen LogP contribution < -0.4 is 0 Å². The first kappa shape index (κ1) is 12.3. The van der Waals surface area contributed by atoms with Crippen molar-refractivity contribution in [3.05, 3.63) is 59.9 Å². The van der Waals surface area contributed by atoms with E-state index in [4.69, 9.17) is 5.11 Å². The average molecular weight is 246 g/mol. The molecule has 0 aliphatic heterocycles. The molecule has 2 aromatic rings. The average Bonchev–Trinajstić information content (AvgIpc) is 2.38. The fraction of sp³-hybridized carbons (Fsp3) is 0.0714. The van der Waals surface area contributed by atoms with Crippen LogP contribution in [0.3, 0.4) is 0 Å². The van der Waals surface area contributed by atoms with Gasteiger partial charge in [-0.25, -0.2) is 9.18 Å². The minimum absolute atomic E-state index is 0.212. The van der Waals surface area contributed by atoms with Crippen molar-refractivity contribution in [1.82, 2.24) is 0 Å². The van der Waals surface area contributed by atoms with Crippen LogP contribution in [-0.2, 0) is 4.79 Å². The molecule has 2 N–H and O–H groups in total. The molecule has 3 nitrogen and oxygen atoms in total. The Hall–Kier alpha value is -2.20. The van der Waals surface area contributed by atoms with Crippen molar-refractivity contribution in [2.24, 2.45) is 0 Å². The molecule has 2 rings (SSSR count). The van der Waals surface area contributed by atoms with Gasteiger partial charge in [-0.2, -0.15) is 0 Å². The van der Waals surface area contributed by atoms with E-state index >= 15 is 0 Å². The van der Waals surface area contributed by atoms with Gasteiger partial charge >= 0.3 is 5.97 Å². The van der Waals surface area contributed by atoms with E-state index in [0.29, 0.717) is 11.1 Å². The zero-order chi connectivity index (χ0) is 13.1. The molecule has 0 aliphatic rings. The van der Waals surface area contributed by atoms with Crippen LogP contribution in [0.15, 0.2) is 48.5 Å². The lowest BCUT2D eigenvalue weighted by Gasteiger charge is -2.13. The second-order valence-electron chi connectivity index (χ2n) is 3.81. The van der Waals surface area contributed by atoms with Crippen molar-refractivity contribution >= 4 is 5.97 Å². The Morgan fingerprint density at radius 2 is 1.72 bits per heavy atom. The van der Waals surface area contributed by atoms with Gasteiger partial charge in [-0.15, -0.1) is 0 Å². The molecule has 2 aromatic carbocycles. The number of benzene rings is 2. The molecule has 0 saturated heterocycles. The summed E-state index contributed by atoms with van der Waals surface area (Å²) in [5, 5.41) is 18.4. The van der Waals surface area contributed by atoms with E-state index in [-0.39, 0.29) is 5.56 Å². The first-order chi connectivity index (χ1) is 8.61. The molecule has 92 valence electrons. The maximum Gasteiger partial charge on any atom is 0.337 e. The molecule has 4 heteroatoms. The molecule has 0 fully saturated rings. The van der Waals surface area contributed by atoms with Gasteiger partial charge in [0, 0.05) is 5.56 Å². The number of hydrogen-bond donors (Lipinski definition) is 2. The largest absolute Gasteiger partial charge is 0.479 e. The third kappa shape index (κ3) is 2.24. The summed E-state index contributed by atoms with van der Waals surface area (Å²) in [6.07, 6.45) is -1.87. The number of carbonyl (C=O) groups is 1. The summed E-state index contributed by atoms with van der Waals surface area (Å²) >= 11 is 0. The monoisotopic (exact) mass is 246 g/mol. The molecule has 0 saturated carbocycles. The van der Waals surface area contributed by atoms with Gasteiger partial charge in [-0.05, 0) is 17.2 Å². The molecule has 0 amide bonds. The van der Waals surface area contributed by atoms with Crippen LogP contribution in [0.4, 0.5) is 4.39 Å². The number of aliphatic hydroxyl groups excluding tert-OH is 1. The SMILES string of the molecule is O=C(O)C(O)c1c(F)cccc1-c1ccccc1. The molecule has 0 aromatic heterocycles. The Balaban J connectivity index is 2.62. The Bertz CT molecular complexity index is 567. The Morgan fingerprint density at radius 1 is 1.06 bits per heavy atom. The van der Waals surface area contributed by atoms with Gasteiger partial charge in [-0.1, -0.05) is 42.5 Å². The lowest BCUT2D eigenvalue weighted by Crippen LogP contribution is -2.13. The fourth-order valence-corrected chi connectivity index (χ4v) is 1.81. The molecule has 18 heavy (non-hydrogen) atoms. The van der Waals surface area contributed by atoms with Crippen LogP contribution in [0.1, 0.15) is 11.7 Å². The third-order valence-corrected chi connectivity index (χ3v) is 2.65. The Labute approximate surface area is 103 Å². The van der Waals surface area contributed by atoms with Gasteiger partial charge in [0.25, 0.3) is 0 Å². The summed E-state index contributed by atoms with van der Waals surface area (Å²) in [5.74, 6) is -2.21. The molecule has 0 radical (unpaired) electrons. The molecule has 0 bridgehead atoms. The van der Waals surface area contributed by atoms with E-state index in [9.17, 15) is 14.3 Å². The molecule has 0 heterocycles. The number of carboxylic acid groups (broad SMARTS) is 1. The van der Waals surface area contributed by atoms with Gasteiger partial charge in [0.1, 0.15) is 5.82 Å². The van der Waals surface area contributed by atoms with Crippen molar-refractivity contribution in [2.45, 2.75) is 6.10 Å².